The van der Waals surface area contributed by atoms with Gasteiger partial charge in [0.2, 0.25) is 0 Å². The van der Waals surface area contributed by atoms with Gasteiger partial charge in [-0.2, -0.15) is 5.26 Å². The quantitative estimate of drug-likeness (QED) is 0.780. The van der Waals surface area contributed by atoms with E-state index in [1.54, 1.807) is 12.4 Å². The fourth-order valence-electron chi connectivity index (χ4n) is 1.57. The van der Waals surface area contributed by atoms with Gasteiger partial charge in [0.05, 0.1) is 0 Å². The maximum absolute atomic E-state index is 9.07. The summed E-state index contributed by atoms with van der Waals surface area (Å²) in [6.07, 6.45) is 3.37. The molecule has 4 heteroatoms. The van der Waals surface area contributed by atoms with Gasteiger partial charge in [-0.3, -0.25) is 4.98 Å². The van der Waals surface area contributed by atoms with Gasteiger partial charge in [0.15, 0.2) is 0 Å². The minimum Gasteiger partial charge on any atom is -0.383 e. The largest absolute Gasteiger partial charge is 0.383 e. The summed E-state index contributed by atoms with van der Waals surface area (Å²) in [5.74, 6) is 0.273. The van der Waals surface area contributed by atoms with Gasteiger partial charge in [-0.1, -0.05) is 0 Å². The second-order valence-electron chi connectivity index (χ2n) is 3.42. The summed E-state index contributed by atoms with van der Waals surface area (Å²) >= 11 is 0. The SMILES string of the molecule is Cc1cc(-c2ccncc2)c(C#N)c(N)n1. The lowest BCUT2D eigenvalue weighted by molar-refractivity contribution is 1.20. The molecule has 4 nitrogen and oxygen atoms in total. The highest BCUT2D eigenvalue weighted by Crippen LogP contribution is 2.26. The van der Waals surface area contributed by atoms with Crippen LogP contribution in [-0.2, 0) is 0 Å². The van der Waals surface area contributed by atoms with Crippen molar-refractivity contribution in [1.82, 2.24) is 9.97 Å². The first kappa shape index (κ1) is 10.1. The molecule has 16 heavy (non-hydrogen) atoms. The van der Waals surface area contributed by atoms with Crippen LogP contribution in [0, 0.1) is 18.3 Å². The van der Waals surface area contributed by atoms with Crippen LogP contribution >= 0.6 is 0 Å². The number of anilines is 1. The van der Waals surface area contributed by atoms with Crippen LogP contribution in [0.15, 0.2) is 30.6 Å². The molecule has 0 aliphatic rings. The first-order valence-corrected chi connectivity index (χ1v) is 4.80. The summed E-state index contributed by atoms with van der Waals surface area (Å²) < 4.78 is 0. The van der Waals surface area contributed by atoms with E-state index in [-0.39, 0.29) is 5.82 Å². The molecule has 0 aliphatic heterocycles. The highest BCUT2D eigenvalue weighted by Gasteiger charge is 2.10. The van der Waals surface area contributed by atoms with Crippen molar-refractivity contribution in [2.24, 2.45) is 0 Å². The molecule has 0 radical (unpaired) electrons. The van der Waals surface area contributed by atoms with Crippen LogP contribution in [0.2, 0.25) is 0 Å². The molecule has 2 N–H and O–H groups in total. The van der Waals surface area contributed by atoms with Crippen LogP contribution in [0.1, 0.15) is 11.3 Å². The lowest BCUT2D eigenvalue weighted by atomic mass is 10.0. The van der Waals surface area contributed by atoms with E-state index >= 15 is 0 Å². The second kappa shape index (κ2) is 3.99. The summed E-state index contributed by atoms with van der Waals surface area (Å²) in [5.41, 5.74) is 8.65. The molecule has 2 rings (SSSR count). The molecule has 2 heterocycles. The normalized spacial score (nSPS) is 9.75. The first-order valence-electron chi connectivity index (χ1n) is 4.80. The molecule has 0 aliphatic carbocycles. The minimum absolute atomic E-state index is 0.273. The lowest BCUT2D eigenvalue weighted by Crippen LogP contribution is -1.99. The Morgan fingerprint density at radius 1 is 1.31 bits per heavy atom. The van der Waals surface area contributed by atoms with Crippen molar-refractivity contribution in [3.8, 4) is 17.2 Å². The van der Waals surface area contributed by atoms with Gasteiger partial charge in [-0.25, -0.2) is 4.98 Å². The van der Waals surface area contributed by atoms with Crippen LogP contribution in [0.5, 0.6) is 0 Å². The zero-order chi connectivity index (χ0) is 11.5. The molecule has 0 unspecified atom stereocenters. The Kier molecular flexibility index (Phi) is 2.52. The number of rotatable bonds is 1. The minimum atomic E-state index is 0.273. The molecule has 78 valence electrons. The number of hydrogen-bond acceptors (Lipinski definition) is 4. The van der Waals surface area contributed by atoms with Gasteiger partial charge < -0.3 is 5.73 Å². The average molecular weight is 210 g/mol. The van der Waals surface area contributed by atoms with Gasteiger partial charge >= 0.3 is 0 Å². The molecule has 0 bridgehead atoms. The Hall–Kier alpha value is -2.41. The molecular formula is C12H10N4. The van der Waals surface area contributed by atoms with Crippen molar-refractivity contribution in [3.05, 3.63) is 41.9 Å². The highest BCUT2D eigenvalue weighted by atomic mass is 14.8. The number of nitrogen functional groups attached to an aromatic ring is 1. The topological polar surface area (TPSA) is 75.6 Å². The maximum atomic E-state index is 9.07. The van der Waals surface area contributed by atoms with Crippen molar-refractivity contribution >= 4 is 5.82 Å². The monoisotopic (exact) mass is 210 g/mol. The molecular weight excluding hydrogens is 200 g/mol. The van der Waals surface area contributed by atoms with Crippen LogP contribution in [0.4, 0.5) is 5.82 Å². The van der Waals surface area contributed by atoms with E-state index in [2.05, 4.69) is 16.0 Å². The van der Waals surface area contributed by atoms with Gasteiger partial charge in [-0.05, 0) is 30.7 Å². The third kappa shape index (κ3) is 1.71. The van der Waals surface area contributed by atoms with Gasteiger partial charge in [0.25, 0.3) is 0 Å². The Morgan fingerprint density at radius 3 is 2.62 bits per heavy atom. The van der Waals surface area contributed by atoms with Gasteiger partial charge in [0, 0.05) is 23.7 Å². The fraction of sp³-hybridized carbons (Fsp3) is 0.0833. The summed E-state index contributed by atoms with van der Waals surface area (Å²) in [6, 6.07) is 7.62. The van der Waals surface area contributed by atoms with Crippen molar-refractivity contribution in [1.29, 1.82) is 5.26 Å². The van der Waals surface area contributed by atoms with Crippen LogP contribution < -0.4 is 5.73 Å². The molecule has 0 amide bonds. The van der Waals surface area contributed by atoms with E-state index in [4.69, 9.17) is 11.0 Å². The summed E-state index contributed by atoms with van der Waals surface area (Å²) in [4.78, 5) is 8.01. The Morgan fingerprint density at radius 2 is 2.00 bits per heavy atom. The summed E-state index contributed by atoms with van der Waals surface area (Å²) in [5, 5.41) is 9.07. The lowest BCUT2D eigenvalue weighted by Gasteiger charge is -2.07. The first-order chi connectivity index (χ1) is 7.72. The van der Waals surface area contributed by atoms with Crippen molar-refractivity contribution in [2.75, 3.05) is 5.73 Å². The predicted molar refractivity (Wildman–Crippen MR) is 61.3 cm³/mol. The van der Waals surface area contributed by atoms with Crippen molar-refractivity contribution < 1.29 is 0 Å². The third-order valence-corrected chi connectivity index (χ3v) is 2.28. The van der Waals surface area contributed by atoms with E-state index < -0.39 is 0 Å². The Labute approximate surface area is 93.4 Å². The third-order valence-electron chi connectivity index (χ3n) is 2.28. The Balaban J connectivity index is 2.70. The van der Waals surface area contributed by atoms with Crippen molar-refractivity contribution in [2.45, 2.75) is 6.92 Å². The smallest absolute Gasteiger partial charge is 0.142 e. The highest BCUT2D eigenvalue weighted by molar-refractivity contribution is 5.75. The predicted octanol–water partition coefficient (Wildman–Crippen LogP) is 1.91. The number of aromatic nitrogens is 2. The van der Waals surface area contributed by atoms with E-state index in [1.165, 1.54) is 0 Å². The fourth-order valence-corrected chi connectivity index (χ4v) is 1.57. The molecule has 2 aromatic heterocycles. The molecule has 0 saturated heterocycles. The van der Waals surface area contributed by atoms with Crippen molar-refractivity contribution in [3.63, 3.8) is 0 Å². The second-order valence-corrected chi connectivity index (χ2v) is 3.42. The molecule has 2 aromatic rings. The number of nitrogens with zero attached hydrogens (tertiary/aromatic N) is 3. The molecule has 0 aromatic carbocycles. The van der Waals surface area contributed by atoms with E-state index in [0.717, 1.165) is 16.8 Å². The standard InChI is InChI=1S/C12H10N4/c1-8-6-10(9-2-4-15-5-3-9)11(7-13)12(14)16-8/h2-6H,1H3,(H2,14,16). The van der Waals surface area contributed by atoms with E-state index in [9.17, 15) is 0 Å². The number of nitrogens with two attached hydrogens (primary N) is 1. The van der Waals surface area contributed by atoms with Gasteiger partial charge in [-0.15, -0.1) is 0 Å². The number of pyridine rings is 2. The van der Waals surface area contributed by atoms with E-state index in [0.29, 0.717) is 5.56 Å². The molecule has 0 saturated carbocycles. The molecule has 0 spiro atoms. The molecule has 0 atom stereocenters. The average Bonchev–Trinajstić information content (AvgIpc) is 2.29. The van der Waals surface area contributed by atoms with Crippen LogP contribution in [-0.4, -0.2) is 9.97 Å². The van der Waals surface area contributed by atoms with Gasteiger partial charge in [0.1, 0.15) is 17.5 Å². The maximum Gasteiger partial charge on any atom is 0.142 e. The number of hydrogen-bond donors (Lipinski definition) is 1. The molecule has 0 fully saturated rings. The number of nitriles is 1. The summed E-state index contributed by atoms with van der Waals surface area (Å²) in [6.45, 7) is 1.85. The summed E-state index contributed by atoms with van der Waals surface area (Å²) in [7, 11) is 0. The zero-order valence-corrected chi connectivity index (χ0v) is 8.81. The van der Waals surface area contributed by atoms with Crippen LogP contribution in [0.25, 0.3) is 11.1 Å². The van der Waals surface area contributed by atoms with Crippen LogP contribution in [0.3, 0.4) is 0 Å². The number of aryl methyl sites for hydroxylation is 1. The zero-order valence-electron chi connectivity index (χ0n) is 8.81. The Bertz CT molecular complexity index is 555. The van der Waals surface area contributed by atoms with E-state index in [1.807, 2.05) is 25.1 Å².